The lowest BCUT2D eigenvalue weighted by atomic mass is 10.1. The van der Waals surface area contributed by atoms with E-state index in [1.165, 1.54) is 0 Å². The summed E-state index contributed by atoms with van der Waals surface area (Å²) in [5, 5.41) is 12.0. The van der Waals surface area contributed by atoms with Gasteiger partial charge >= 0.3 is 0 Å². The first-order valence-corrected chi connectivity index (χ1v) is 11.8. The second-order valence-corrected chi connectivity index (χ2v) is 9.24. The third kappa shape index (κ3) is 4.75. The van der Waals surface area contributed by atoms with Gasteiger partial charge in [0, 0.05) is 34.6 Å². The fourth-order valence-electron chi connectivity index (χ4n) is 4.34. The van der Waals surface area contributed by atoms with Crippen LogP contribution in [-0.2, 0) is 11.3 Å². The van der Waals surface area contributed by atoms with Gasteiger partial charge in [0.2, 0.25) is 5.91 Å². The van der Waals surface area contributed by atoms with Gasteiger partial charge in [0.25, 0.3) is 0 Å². The summed E-state index contributed by atoms with van der Waals surface area (Å²) in [7, 11) is 0. The third-order valence-electron chi connectivity index (χ3n) is 5.96. The second kappa shape index (κ2) is 9.66. The van der Waals surface area contributed by atoms with Crippen LogP contribution in [0, 0.1) is 0 Å². The topological polar surface area (TPSA) is 67.6 Å². The molecule has 1 aliphatic rings. The smallest absolute Gasteiger partial charge is 0.227 e. The lowest BCUT2D eigenvalue weighted by Gasteiger charge is -2.19. The first kappa shape index (κ1) is 22.7. The van der Waals surface area contributed by atoms with Crippen molar-refractivity contribution in [1.82, 2.24) is 9.55 Å². The van der Waals surface area contributed by atoms with Crippen molar-refractivity contribution in [2.24, 2.45) is 0 Å². The Balaban J connectivity index is 1.37. The number of para-hydroxylation sites is 2. The normalized spacial score (nSPS) is 16.9. The van der Waals surface area contributed by atoms with Crippen LogP contribution >= 0.6 is 23.2 Å². The van der Waals surface area contributed by atoms with E-state index in [1.54, 1.807) is 41.3 Å². The van der Waals surface area contributed by atoms with Crippen molar-refractivity contribution in [2.75, 3.05) is 18.1 Å². The van der Waals surface area contributed by atoms with Crippen LogP contribution in [0.15, 0.2) is 72.8 Å². The number of amides is 1. The van der Waals surface area contributed by atoms with Crippen molar-refractivity contribution in [2.45, 2.75) is 25.0 Å². The molecule has 8 heteroatoms. The highest BCUT2D eigenvalue weighted by molar-refractivity contribution is 6.30. The van der Waals surface area contributed by atoms with Crippen LogP contribution in [0.2, 0.25) is 10.0 Å². The predicted molar refractivity (Wildman–Crippen MR) is 134 cm³/mol. The number of aliphatic hydroxyl groups is 1. The quantitative estimate of drug-likeness (QED) is 0.377. The monoisotopic (exact) mass is 495 g/mol. The first-order valence-electron chi connectivity index (χ1n) is 11.1. The Labute approximate surface area is 207 Å². The van der Waals surface area contributed by atoms with Crippen LogP contribution in [-0.4, -0.2) is 39.8 Å². The van der Waals surface area contributed by atoms with E-state index in [9.17, 15) is 9.90 Å². The van der Waals surface area contributed by atoms with Gasteiger partial charge in [-0.2, -0.15) is 0 Å². The number of anilines is 1. The maximum absolute atomic E-state index is 12.9. The molecular formula is C26H23Cl2N3O3. The number of hydrogen-bond donors (Lipinski definition) is 1. The van der Waals surface area contributed by atoms with E-state index in [-0.39, 0.29) is 18.4 Å². The molecule has 3 aromatic carbocycles. The van der Waals surface area contributed by atoms with Gasteiger partial charge in [-0.3, -0.25) is 4.79 Å². The van der Waals surface area contributed by atoms with Crippen molar-refractivity contribution in [3.8, 4) is 5.75 Å². The number of benzene rings is 3. The molecule has 0 bridgehead atoms. The molecule has 1 fully saturated rings. The molecule has 0 aliphatic carbocycles. The Kier molecular flexibility index (Phi) is 6.46. The lowest BCUT2D eigenvalue weighted by Crippen LogP contribution is -2.26. The Hall–Kier alpha value is -3.06. The zero-order valence-corrected chi connectivity index (χ0v) is 19.8. The molecule has 1 N–H and O–H groups in total. The summed E-state index contributed by atoms with van der Waals surface area (Å²) in [5.74, 6) is 1.37. The predicted octanol–water partition coefficient (Wildman–Crippen LogP) is 5.30. The number of rotatable bonds is 7. The molecule has 1 aromatic heterocycles. The molecule has 34 heavy (non-hydrogen) atoms. The highest BCUT2D eigenvalue weighted by Crippen LogP contribution is 2.33. The molecule has 1 amide bonds. The van der Waals surface area contributed by atoms with Crippen LogP contribution in [0.25, 0.3) is 11.0 Å². The van der Waals surface area contributed by atoms with Gasteiger partial charge in [-0.25, -0.2) is 4.98 Å². The molecule has 0 radical (unpaired) electrons. The van der Waals surface area contributed by atoms with Crippen LogP contribution in [0.1, 0.15) is 18.2 Å². The molecule has 0 saturated carbocycles. The highest BCUT2D eigenvalue weighted by Gasteiger charge is 2.35. The number of halogens is 2. The SMILES string of the molecule is O=C1C[C@H](c2nc3ccccc3n2C[C@@H](O)COc2ccc(Cl)cc2)CN1c1ccc(Cl)cc1. The van der Waals surface area contributed by atoms with Gasteiger partial charge in [0.1, 0.15) is 24.3 Å². The Morgan fingerprint density at radius 2 is 1.68 bits per heavy atom. The standard InChI is InChI=1S/C26H23Cl2N3O3/c27-18-5-9-20(10-6-18)30-14-17(13-25(30)33)26-29-23-3-1-2-4-24(23)31(26)15-21(32)16-34-22-11-7-19(28)8-12-22/h1-12,17,21,32H,13-16H2/t17-,21+/m0/s1. The zero-order valence-electron chi connectivity index (χ0n) is 18.3. The molecule has 6 nitrogen and oxygen atoms in total. The van der Waals surface area contributed by atoms with E-state index >= 15 is 0 Å². The molecule has 2 atom stereocenters. The first-order chi connectivity index (χ1) is 16.5. The van der Waals surface area contributed by atoms with Crippen LogP contribution in [0.3, 0.4) is 0 Å². The summed E-state index contributed by atoms with van der Waals surface area (Å²) in [6, 6.07) is 22.1. The van der Waals surface area contributed by atoms with Crippen molar-refractivity contribution < 1.29 is 14.6 Å². The molecule has 1 aliphatic heterocycles. The molecular weight excluding hydrogens is 473 g/mol. The zero-order chi connectivity index (χ0) is 23.7. The average molecular weight is 496 g/mol. The van der Waals surface area contributed by atoms with Crippen LogP contribution in [0.5, 0.6) is 5.75 Å². The molecule has 2 heterocycles. The van der Waals surface area contributed by atoms with Gasteiger partial charge in [-0.1, -0.05) is 35.3 Å². The number of carbonyl (C=O) groups is 1. The molecule has 174 valence electrons. The van der Waals surface area contributed by atoms with E-state index in [0.29, 0.717) is 35.3 Å². The molecule has 0 spiro atoms. The fraction of sp³-hybridized carbons (Fsp3) is 0.231. The summed E-state index contributed by atoms with van der Waals surface area (Å²) in [4.78, 5) is 19.5. The number of hydrogen-bond acceptors (Lipinski definition) is 4. The number of imidazole rings is 1. The maximum Gasteiger partial charge on any atom is 0.227 e. The summed E-state index contributed by atoms with van der Waals surface area (Å²) in [6.45, 7) is 0.935. The number of aromatic nitrogens is 2. The number of fused-ring (bicyclic) bond motifs is 1. The largest absolute Gasteiger partial charge is 0.491 e. The van der Waals surface area contributed by atoms with Crippen molar-refractivity contribution >= 4 is 45.8 Å². The minimum Gasteiger partial charge on any atom is -0.491 e. The Bertz CT molecular complexity index is 1310. The fourth-order valence-corrected chi connectivity index (χ4v) is 4.59. The van der Waals surface area contributed by atoms with E-state index < -0.39 is 6.10 Å². The number of ether oxygens (including phenoxy) is 1. The number of aliphatic hydroxyl groups excluding tert-OH is 1. The number of carbonyl (C=O) groups excluding carboxylic acids is 1. The summed E-state index contributed by atoms with van der Waals surface area (Å²) < 4.78 is 7.74. The van der Waals surface area contributed by atoms with Gasteiger partial charge in [0.05, 0.1) is 17.6 Å². The van der Waals surface area contributed by atoms with E-state index in [1.807, 2.05) is 41.0 Å². The number of nitrogens with zero attached hydrogens (tertiary/aromatic N) is 3. The van der Waals surface area contributed by atoms with Crippen molar-refractivity contribution in [1.29, 1.82) is 0 Å². The maximum atomic E-state index is 12.9. The summed E-state index contributed by atoms with van der Waals surface area (Å²) in [6.07, 6.45) is -0.417. The van der Waals surface area contributed by atoms with Crippen molar-refractivity contribution in [3.05, 3.63) is 88.7 Å². The van der Waals surface area contributed by atoms with Gasteiger partial charge in [-0.05, 0) is 60.7 Å². The van der Waals surface area contributed by atoms with E-state index in [0.717, 1.165) is 22.5 Å². The van der Waals surface area contributed by atoms with Gasteiger partial charge in [0.15, 0.2) is 0 Å². The summed E-state index contributed by atoms with van der Waals surface area (Å²) in [5.41, 5.74) is 2.57. The Morgan fingerprint density at radius 1 is 1.00 bits per heavy atom. The van der Waals surface area contributed by atoms with Crippen LogP contribution in [0.4, 0.5) is 5.69 Å². The highest BCUT2D eigenvalue weighted by atomic mass is 35.5. The lowest BCUT2D eigenvalue weighted by molar-refractivity contribution is -0.117. The third-order valence-corrected chi connectivity index (χ3v) is 6.47. The summed E-state index contributed by atoms with van der Waals surface area (Å²) >= 11 is 11.9. The average Bonchev–Trinajstić information content (AvgIpc) is 3.40. The molecule has 5 rings (SSSR count). The van der Waals surface area contributed by atoms with Crippen molar-refractivity contribution in [3.63, 3.8) is 0 Å². The minimum absolute atomic E-state index is 0.0394. The molecule has 4 aromatic rings. The van der Waals surface area contributed by atoms with Crippen LogP contribution < -0.4 is 9.64 Å². The van der Waals surface area contributed by atoms with Gasteiger partial charge in [-0.15, -0.1) is 0 Å². The Morgan fingerprint density at radius 3 is 2.41 bits per heavy atom. The molecule has 0 unspecified atom stereocenters. The van der Waals surface area contributed by atoms with E-state index in [2.05, 4.69) is 0 Å². The van der Waals surface area contributed by atoms with E-state index in [4.69, 9.17) is 32.9 Å². The van der Waals surface area contributed by atoms with Gasteiger partial charge < -0.3 is 19.3 Å². The molecule has 1 saturated heterocycles. The second-order valence-electron chi connectivity index (χ2n) is 8.37. The minimum atomic E-state index is -0.767.